The Morgan fingerprint density at radius 1 is 1.11 bits per heavy atom. The minimum atomic E-state index is -0.888. The smallest absolute Gasteiger partial charge is 0.408 e. The van der Waals surface area contributed by atoms with Crippen LogP contribution in [-0.4, -0.2) is 29.3 Å². The number of aryl methyl sites for hydroxylation is 2. The van der Waals surface area contributed by atoms with E-state index in [0.29, 0.717) is 12.0 Å². The Morgan fingerprint density at radius 3 is 2.55 bits per heavy atom. The number of nitrogens with zero attached hydrogens (tertiary/aromatic N) is 1. The van der Waals surface area contributed by atoms with Gasteiger partial charge in [-0.25, -0.2) is 9.59 Å². The zero-order chi connectivity index (χ0) is 27.3. The molecule has 0 bridgehead atoms. The van der Waals surface area contributed by atoms with Crippen LogP contribution in [0.25, 0.3) is 11.0 Å². The van der Waals surface area contributed by atoms with Gasteiger partial charge in [-0.1, -0.05) is 26.7 Å². The summed E-state index contributed by atoms with van der Waals surface area (Å²) in [7, 11) is 0. The van der Waals surface area contributed by atoms with Crippen molar-refractivity contribution in [2.24, 2.45) is 5.16 Å². The lowest BCUT2D eigenvalue weighted by Gasteiger charge is -2.41. The predicted octanol–water partition coefficient (Wildman–Crippen LogP) is 6.47. The molecule has 0 unspecified atom stereocenters. The Bertz CT molecular complexity index is 1220. The second-order valence-electron chi connectivity index (χ2n) is 11.6. The van der Waals surface area contributed by atoms with Gasteiger partial charge in [-0.2, -0.15) is 0 Å². The van der Waals surface area contributed by atoms with Crippen LogP contribution in [0.3, 0.4) is 0 Å². The number of unbranched alkanes of at least 4 members (excludes halogenated alkanes) is 1. The fraction of sp³-hybridized carbons (Fsp3) is 0.633. The maximum atomic E-state index is 12.7. The first-order chi connectivity index (χ1) is 18.1. The molecule has 1 aromatic carbocycles. The first-order valence-corrected chi connectivity index (χ1v) is 14.1. The van der Waals surface area contributed by atoms with E-state index in [2.05, 4.69) is 23.5 Å². The molecular formula is C30H42N2O6. The first-order valence-electron chi connectivity index (χ1n) is 14.1. The van der Waals surface area contributed by atoms with Crippen LogP contribution in [0.15, 0.2) is 27.8 Å². The number of alkyl carbamates (subject to hydrolysis) is 1. The number of benzene rings is 1. The summed E-state index contributed by atoms with van der Waals surface area (Å²) in [6.45, 7) is 9.21. The largest absolute Gasteiger partial charge is 0.487 e. The maximum absolute atomic E-state index is 12.7. The number of amides is 1. The molecule has 1 amide bonds. The molecule has 1 saturated carbocycles. The van der Waals surface area contributed by atoms with E-state index in [1.165, 1.54) is 24.8 Å². The van der Waals surface area contributed by atoms with Crippen LogP contribution >= 0.6 is 0 Å². The lowest BCUT2D eigenvalue weighted by atomic mass is 9.79. The van der Waals surface area contributed by atoms with Crippen LogP contribution < -0.4 is 15.6 Å². The third-order valence-corrected chi connectivity index (χ3v) is 7.37. The van der Waals surface area contributed by atoms with Gasteiger partial charge in [0, 0.05) is 17.5 Å². The number of hydrogen-bond acceptors (Lipinski definition) is 7. The summed E-state index contributed by atoms with van der Waals surface area (Å²) in [4.78, 5) is 30.0. The van der Waals surface area contributed by atoms with E-state index in [4.69, 9.17) is 18.7 Å². The summed E-state index contributed by atoms with van der Waals surface area (Å²) in [6.07, 6.45) is 10.6. The van der Waals surface area contributed by atoms with Crippen LogP contribution in [0, 0.1) is 0 Å². The van der Waals surface area contributed by atoms with Gasteiger partial charge in [0.15, 0.2) is 0 Å². The van der Waals surface area contributed by atoms with E-state index in [1.54, 1.807) is 27.7 Å². The van der Waals surface area contributed by atoms with Gasteiger partial charge >= 0.3 is 12.1 Å². The first kappa shape index (κ1) is 28.0. The van der Waals surface area contributed by atoms with Crippen LogP contribution in [0.4, 0.5) is 4.79 Å². The SMILES string of the molecule is CCCCc1c/c(=N/OC(=O)[C@@H](CC)NC(=O)OC(C)(C)C)oc2cc3c(cc12)CCC1(CCCCC1)O3. The summed E-state index contributed by atoms with van der Waals surface area (Å²) in [5, 5.41) is 7.61. The van der Waals surface area contributed by atoms with Crippen molar-refractivity contribution in [3.05, 3.63) is 34.9 Å². The molecule has 1 N–H and O–H groups in total. The molecule has 1 aliphatic carbocycles. The molecule has 2 aromatic rings. The highest BCUT2D eigenvalue weighted by Gasteiger charge is 2.37. The van der Waals surface area contributed by atoms with E-state index in [1.807, 2.05) is 12.1 Å². The highest BCUT2D eigenvalue weighted by atomic mass is 16.7. The zero-order valence-electron chi connectivity index (χ0n) is 23.5. The number of fused-ring (bicyclic) bond motifs is 2. The fourth-order valence-corrected chi connectivity index (χ4v) is 5.35. The fourth-order valence-electron chi connectivity index (χ4n) is 5.35. The number of carbonyl (C=O) groups is 2. The molecule has 2 heterocycles. The second-order valence-corrected chi connectivity index (χ2v) is 11.6. The van der Waals surface area contributed by atoms with Gasteiger partial charge in [0.25, 0.3) is 5.55 Å². The number of carbonyl (C=O) groups excluding carboxylic acids is 2. The lowest BCUT2D eigenvalue weighted by Crippen LogP contribution is -2.43. The molecule has 208 valence electrons. The molecule has 4 rings (SSSR count). The maximum Gasteiger partial charge on any atom is 0.408 e. The molecule has 1 atom stereocenters. The molecule has 8 nitrogen and oxygen atoms in total. The normalized spacial score (nSPS) is 18.0. The molecule has 2 aliphatic rings. The van der Waals surface area contributed by atoms with E-state index >= 15 is 0 Å². The number of rotatable bonds is 7. The Kier molecular flexibility index (Phi) is 8.68. The summed E-state index contributed by atoms with van der Waals surface area (Å²) < 4.78 is 18.0. The molecule has 1 spiro atoms. The van der Waals surface area contributed by atoms with Crippen molar-refractivity contribution in [3.8, 4) is 5.75 Å². The average molecular weight is 527 g/mol. The Hall–Kier alpha value is -3.03. The van der Waals surface area contributed by atoms with Gasteiger partial charge in [0.2, 0.25) is 0 Å². The van der Waals surface area contributed by atoms with Crippen molar-refractivity contribution in [1.82, 2.24) is 5.32 Å². The van der Waals surface area contributed by atoms with E-state index in [-0.39, 0.29) is 11.2 Å². The van der Waals surface area contributed by atoms with E-state index in [9.17, 15) is 9.59 Å². The molecule has 38 heavy (non-hydrogen) atoms. The minimum absolute atomic E-state index is 0.0578. The van der Waals surface area contributed by atoms with Crippen molar-refractivity contribution in [2.45, 2.75) is 122 Å². The van der Waals surface area contributed by atoms with Crippen molar-refractivity contribution in [3.63, 3.8) is 0 Å². The van der Waals surface area contributed by atoms with Crippen molar-refractivity contribution < 1.29 is 28.3 Å². The van der Waals surface area contributed by atoms with Crippen LogP contribution in [-0.2, 0) is 27.2 Å². The van der Waals surface area contributed by atoms with Gasteiger partial charge in [0.05, 0.1) is 0 Å². The van der Waals surface area contributed by atoms with E-state index in [0.717, 1.165) is 61.6 Å². The minimum Gasteiger partial charge on any atom is -0.487 e. The monoisotopic (exact) mass is 526 g/mol. The second kappa shape index (κ2) is 11.8. The molecule has 0 radical (unpaired) electrons. The van der Waals surface area contributed by atoms with Gasteiger partial charge in [-0.05, 0) is 101 Å². The van der Waals surface area contributed by atoms with Gasteiger partial charge in [-0.3, -0.25) is 0 Å². The Morgan fingerprint density at radius 2 is 1.87 bits per heavy atom. The lowest BCUT2D eigenvalue weighted by molar-refractivity contribution is -0.147. The molecule has 8 heteroatoms. The topological polar surface area (TPSA) is 99.4 Å². The highest BCUT2D eigenvalue weighted by molar-refractivity contribution is 5.83. The molecule has 1 fully saturated rings. The zero-order valence-corrected chi connectivity index (χ0v) is 23.5. The van der Waals surface area contributed by atoms with Crippen molar-refractivity contribution in [2.75, 3.05) is 0 Å². The third-order valence-electron chi connectivity index (χ3n) is 7.37. The average Bonchev–Trinajstić information content (AvgIpc) is 2.87. The summed E-state index contributed by atoms with van der Waals surface area (Å²) in [5.41, 5.74) is 2.46. The van der Waals surface area contributed by atoms with Crippen molar-refractivity contribution >= 4 is 23.0 Å². The standard InChI is InChI=1S/C30H42N2O6/c1-6-8-12-20-18-26(32-38-27(33)23(7-2)31-28(34)37-29(3,4)5)35-25-19-24-21(17-22(20)25)13-16-30(36-24)14-10-9-11-15-30/h17-19,23H,6-16H2,1-5H3,(H,31,34)/b32-26-/t23-/m1/s1. The Balaban J connectivity index is 1.59. The van der Waals surface area contributed by atoms with Gasteiger partial charge in [-0.15, -0.1) is 0 Å². The third kappa shape index (κ3) is 6.88. The van der Waals surface area contributed by atoms with Crippen LogP contribution in [0.1, 0.15) is 104 Å². The quantitative estimate of drug-likeness (QED) is 0.328. The molecule has 1 aromatic heterocycles. The summed E-state index contributed by atoms with van der Waals surface area (Å²) >= 11 is 0. The Labute approximate surface area is 225 Å². The molecule has 1 aliphatic heterocycles. The van der Waals surface area contributed by atoms with Gasteiger partial charge in [0.1, 0.15) is 28.6 Å². The summed E-state index contributed by atoms with van der Waals surface area (Å²) in [5.74, 6) is 0.203. The number of ether oxygens (including phenoxy) is 2. The van der Waals surface area contributed by atoms with Gasteiger partial charge < -0.3 is 24.0 Å². The summed E-state index contributed by atoms with van der Waals surface area (Å²) in [6, 6.07) is 5.13. The number of hydrogen-bond donors (Lipinski definition) is 1. The molecule has 0 saturated heterocycles. The van der Waals surface area contributed by atoms with Crippen LogP contribution in [0.5, 0.6) is 5.75 Å². The highest BCUT2D eigenvalue weighted by Crippen LogP contribution is 2.43. The predicted molar refractivity (Wildman–Crippen MR) is 145 cm³/mol. The van der Waals surface area contributed by atoms with E-state index < -0.39 is 23.7 Å². The van der Waals surface area contributed by atoms with Crippen LogP contribution in [0.2, 0.25) is 0 Å². The van der Waals surface area contributed by atoms with Crippen molar-refractivity contribution in [1.29, 1.82) is 0 Å². The molecular weight excluding hydrogens is 484 g/mol. The number of nitrogens with one attached hydrogen (secondary N) is 1.